The second kappa shape index (κ2) is 5.84. The Bertz CT molecular complexity index is 408. The number of hydrogen-bond donors (Lipinski definition) is 2. The Labute approximate surface area is 115 Å². The maximum atomic E-state index is 9.83. The van der Waals surface area contributed by atoms with Crippen LogP contribution in [0.25, 0.3) is 0 Å². The van der Waals surface area contributed by atoms with E-state index in [1.54, 1.807) is 6.33 Å². The van der Waals surface area contributed by atoms with Crippen LogP contribution in [-0.4, -0.2) is 51.3 Å². The highest BCUT2D eigenvalue weighted by Gasteiger charge is 2.23. The molecule has 2 rings (SSSR count). The molecule has 1 saturated heterocycles. The molecule has 1 aromatic rings. The summed E-state index contributed by atoms with van der Waals surface area (Å²) in [6, 6.07) is 2.44. The van der Waals surface area contributed by atoms with Gasteiger partial charge in [-0.25, -0.2) is 9.97 Å². The highest BCUT2D eigenvalue weighted by molar-refractivity contribution is 5.35. The molecule has 5 heteroatoms. The molecule has 1 aromatic heterocycles. The first-order chi connectivity index (χ1) is 8.92. The molecule has 0 aromatic carbocycles. The van der Waals surface area contributed by atoms with Crippen LogP contribution >= 0.6 is 0 Å². The first-order valence-corrected chi connectivity index (χ1v) is 6.92. The number of β-amino-alcohol motifs (C(OH)–C–C–N with tert-alkyl or cyclic N) is 1. The number of likely N-dealkylation sites (tertiary alicyclic amines) is 1. The van der Waals surface area contributed by atoms with E-state index >= 15 is 0 Å². The van der Waals surface area contributed by atoms with Crippen LogP contribution in [0.2, 0.25) is 0 Å². The number of aromatic nitrogens is 2. The summed E-state index contributed by atoms with van der Waals surface area (Å²) in [5.74, 6) is 0.911. The van der Waals surface area contributed by atoms with Gasteiger partial charge in [-0.05, 0) is 33.6 Å². The van der Waals surface area contributed by atoms with Crippen LogP contribution in [0.4, 0.5) is 5.82 Å². The standard InChI is InChI=1S/C14H24N4O/c1-11-8-13(16-10-15-11)17-12-4-6-18(7-5-12)9-14(2,3)19/h8,10,12,19H,4-7,9H2,1-3H3,(H,15,16,17). The molecule has 2 N–H and O–H groups in total. The second-order valence-corrected chi connectivity index (χ2v) is 6.05. The maximum absolute atomic E-state index is 9.83. The summed E-state index contributed by atoms with van der Waals surface area (Å²) in [5, 5.41) is 13.3. The van der Waals surface area contributed by atoms with Crippen LogP contribution in [0, 0.1) is 6.92 Å². The van der Waals surface area contributed by atoms with Crippen molar-refractivity contribution in [3.8, 4) is 0 Å². The number of aryl methyl sites for hydroxylation is 1. The fraction of sp³-hybridized carbons (Fsp3) is 0.714. The summed E-state index contributed by atoms with van der Waals surface area (Å²) in [6.07, 6.45) is 3.76. The third-order valence-electron chi connectivity index (χ3n) is 3.35. The largest absolute Gasteiger partial charge is 0.389 e. The number of piperidine rings is 1. The first kappa shape index (κ1) is 14.2. The van der Waals surface area contributed by atoms with Gasteiger partial charge in [0.1, 0.15) is 12.1 Å². The van der Waals surface area contributed by atoms with Crippen LogP contribution < -0.4 is 5.32 Å². The Hall–Kier alpha value is -1.20. The number of anilines is 1. The van der Waals surface area contributed by atoms with Gasteiger partial charge in [-0.15, -0.1) is 0 Å². The summed E-state index contributed by atoms with van der Waals surface area (Å²) in [7, 11) is 0. The molecular formula is C14H24N4O. The van der Waals surface area contributed by atoms with Crippen molar-refractivity contribution < 1.29 is 5.11 Å². The lowest BCUT2D eigenvalue weighted by molar-refractivity contribution is 0.0291. The molecule has 0 spiro atoms. The number of rotatable bonds is 4. The minimum atomic E-state index is -0.607. The lowest BCUT2D eigenvalue weighted by Gasteiger charge is -2.35. The molecule has 1 aliphatic rings. The lowest BCUT2D eigenvalue weighted by Crippen LogP contribution is -2.45. The van der Waals surface area contributed by atoms with Crippen LogP contribution in [0.3, 0.4) is 0 Å². The molecule has 5 nitrogen and oxygen atoms in total. The normalized spacial score (nSPS) is 18.5. The molecule has 0 aliphatic carbocycles. The molecule has 19 heavy (non-hydrogen) atoms. The molecule has 0 atom stereocenters. The molecule has 106 valence electrons. The minimum Gasteiger partial charge on any atom is -0.389 e. The van der Waals surface area contributed by atoms with E-state index in [1.807, 2.05) is 26.8 Å². The van der Waals surface area contributed by atoms with Gasteiger partial charge in [-0.1, -0.05) is 0 Å². The molecule has 0 unspecified atom stereocenters. The molecule has 0 saturated carbocycles. The van der Waals surface area contributed by atoms with Gasteiger partial charge in [0, 0.05) is 37.4 Å². The molecule has 1 aliphatic heterocycles. The third-order valence-corrected chi connectivity index (χ3v) is 3.35. The summed E-state index contributed by atoms with van der Waals surface area (Å²) in [4.78, 5) is 10.7. The van der Waals surface area contributed by atoms with Gasteiger partial charge in [0.25, 0.3) is 0 Å². The van der Waals surface area contributed by atoms with E-state index in [4.69, 9.17) is 0 Å². The van der Waals surface area contributed by atoms with Gasteiger partial charge >= 0.3 is 0 Å². The summed E-state index contributed by atoms with van der Waals surface area (Å²) >= 11 is 0. The molecule has 1 fully saturated rings. The van der Waals surface area contributed by atoms with Crippen LogP contribution in [0.5, 0.6) is 0 Å². The Morgan fingerprint density at radius 1 is 1.37 bits per heavy atom. The topological polar surface area (TPSA) is 61.3 Å². The second-order valence-electron chi connectivity index (χ2n) is 6.05. The van der Waals surface area contributed by atoms with Gasteiger partial charge in [-0.3, -0.25) is 0 Å². The van der Waals surface area contributed by atoms with Gasteiger partial charge < -0.3 is 15.3 Å². The van der Waals surface area contributed by atoms with E-state index in [0.29, 0.717) is 6.04 Å². The van der Waals surface area contributed by atoms with Gasteiger partial charge in [-0.2, -0.15) is 0 Å². The quantitative estimate of drug-likeness (QED) is 0.861. The Morgan fingerprint density at radius 2 is 2.05 bits per heavy atom. The number of aliphatic hydroxyl groups is 1. The summed E-state index contributed by atoms with van der Waals surface area (Å²) < 4.78 is 0. The monoisotopic (exact) mass is 264 g/mol. The average Bonchev–Trinajstić information content (AvgIpc) is 2.30. The Balaban J connectivity index is 1.80. The average molecular weight is 264 g/mol. The zero-order valence-corrected chi connectivity index (χ0v) is 12.1. The fourth-order valence-corrected chi connectivity index (χ4v) is 2.53. The highest BCUT2D eigenvalue weighted by Crippen LogP contribution is 2.17. The van der Waals surface area contributed by atoms with Crippen LogP contribution in [0.15, 0.2) is 12.4 Å². The predicted molar refractivity (Wildman–Crippen MR) is 76.2 cm³/mol. The number of nitrogens with one attached hydrogen (secondary N) is 1. The van der Waals surface area contributed by atoms with E-state index < -0.39 is 5.60 Å². The van der Waals surface area contributed by atoms with Crippen molar-refractivity contribution in [1.82, 2.24) is 14.9 Å². The van der Waals surface area contributed by atoms with Crippen LogP contribution in [0.1, 0.15) is 32.4 Å². The van der Waals surface area contributed by atoms with Crippen LogP contribution in [-0.2, 0) is 0 Å². The Kier molecular flexibility index (Phi) is 4.37. The van der Waals surface area contributed by atoms with Crippen molar-refractivity contribution in [2.45, 2.75) is 45.3 Å². The zero-order valence-electron chi connectivity index (χ0n) is 12.1. The third kappa shape index (κ3) is 4.76. The first-order valence-electron chi connectivity index (χ1n) is 6.92. The molecular weight excluding hydrogens is 240 g/mol. The van der Waals surface area contributed by atoms with Gasteiger partial charge in [0.15, 0.2) is 0 Å². The summed E-state index contributed by atoms with van der Waals surface area (Å²) in [5.41, 5.74) is 0.376. The minimum absolute atomic E-state index is 0.465. The predicted octanol–water partition coefficient (Wildman–Crippen LogP) is 1.43. The van der Waals surface area contributed by atoms with E-state index in [0.717, 1.165) is 44.0 Å². The highest BCUT2D eigenvalue weighted by atomic mass is 16.3. The smallest absolute Gasteiger partial charge is 0.129 e. The molecule has 0 bridgehead atoms. The van der Waals surface area contributed by atoms with Crippen molar-refractivity contribution in [3.63, 3.8) is 0 Å². The van der Waals surface area contributed by atoms with E-state index in [9.17, 15) is 5.11 Å². The van der Waals surface area contributed by atoms with E-state index in [-0.39, 0.29) is 0 Å². The van der Waals surface area contributed by atoms with E-state index in [1.165, 1.54) is 0 Å². The summed E-state index contributed by atoms with van der Waals surface area (Å²) in [6.45, 7) is 8.48. The van der Waals surface area contributed by atoms with Gasteiger partial charge in [0.05, 0.1) is 5.60 Å². The number of nitrogens with zero attached hydrogens (tertiary/aromatic N) is 3. The lowest BCUT2D eigenvalue weighted by atomic mass is 10.0. The number of hydrogen-bond acceptors (Lipinski definition) is 5. The molecule has 0 radical (unpaired) electrons. The SMILES string of the molecule is Cc1cc(NC2CCN(CC(C)(C)O)CC2)ncn1. The van der Waals surface area contributed by atoms with Crippen molar-refractivity contribution in [3.05, 3.63) is 18.1 Å². The Morgan fingerprint density at radius 3 is 2.63 bits per heavy atom. The van der Waals surface area contributed by atoms with E-state index in [2.05, 4.69) is 20.2 Å². The van der Waals surface area contributed by atoms with Crippen molar-refractivity contribution in [1.29, 1.82) is 0 Å². The fourth-order valence-electron chi connectivity index (χ4n) is 2.53. The molecule has 2 heterocycles. The van der Waals surface area contributed by atoms with Gasteiger partial charge in [0.2, 0.25) is 0 Å². The maximum Gasteiger partial charge on any atom is 0.129 e. The molecule has 0 amide bonds. The van der Waals surface area contributed by atoms with Crippen molar-refractivity contribution in [2.24, 2.45) is 0 Å². The van der Waals surface area contributed by atoms with Crippen molar-refractivity contribution >= 4 is 5.82 Å². The van der Waals surface area contributed by atoms with Crippen molar-refractivity contribution in [2.75, 3.05) is 25.0 Å². The zero-order chi connectivity index (χ0) is 13.9.